The van der Waals surface area contributed by atoms with Gasteiger partial charge in [-0.15, -0.1) is 0 Å². The molecule has 154 valence electrons. The predicted molar refractivity (Wildman–Crippen MR) is 116 cm³/mol. The van der Waals surface area contributed by atoms with Gasteiger partial charge in [-0.25, -0.2) is 0 Å². The monoisotopic (exact) mass is 415 g/mol. The summed E-state index contributed by atoms with van der Waals surface area (Å²) in [5.41, 5.74) is 2.18. The summed E-state index contributed by atoms with van der Waals surface area (Å²) in [6, 6.07) is 12.3. The van der Waals surface area contributed by atoms with Crippen molar-refractivity contribution < 1.29 is 14.3 Å². The topological polar surface area (TPSA) is 61.9 Å². The van der Waals surface area contributed by atoms with Crippen molar-refractivity contribution in [2.75, 3.05) is 49.5 Å². The Morgan fingerprint density at radius 2 is 1.86 bits per heavy atom. The maximum Gasteiger partial charge on any atom is 0.262 e. The number of ether oxygens (including phenoxy) is 1. The first-order valence-corrected chi connectivity index (χ1v) is 10.1. The molecule has 0 aliphatic carbocycles. The molecule has 1 aliphatic heterocycles. The summed E-state index contributed by atoms with van der Waals surface area (Å²) in [6.45, 7) is 8.31. The van der Waals surface area contributed by atoms with Gasteiger partial charge in [0, 0.05) is 36.8 Å². The third-order valence-corrected chi connectivity index (χ3v) is 5.24. The first-order chi connectivity index (χ1) is 14.0. The van der Waals surface area contributed by atoms with Crippen molar-refractivity contribution >= 4 is 34.7 Å². The zero-order valence-electron chi connectivity index (χ0n) is 16.8. The molecule has 0 bridgehead atoms. The van der Waals surface area contributed by atoms with E-state index in [1.807, 2.05) is 12.1 Å². The summed E-state index contributed by atoms with van der Waals surface area (Å²) in [5.74, 6) is 0.149. The summed E-state index contributed by atoms with van der Waals surface area (Å²) in [6.07, 6.45) is 0. The second-order valence-corrected chi connectivity index (χ2v) is 7.44. The molecule has 1 N–H and O–H groups in total. The number of benzene rings is 2. The van der Waals surface area contributed by atoms with Crippen molar-refractivity contribution in [3.63, 3.8) is 0 Å². The van der Waals surface area contributed by atoms with Gasteiger partial charge in [0.05, 0.1) is 11.4 Å². The standard InChI is InChI=1S/C22H26ClN3O3/c1-3-25-9-11-26(12-10-25)21-8-7-18(23)14-20(21)24-22(28)15-29-19-6-4-5-17(13-19)16(2)27/h4-8,13-14H,3,9-12,15H2,1-2H3,(H,24,28). The van der Waals surface area contributed by atoms with Crippen LogP contribution in [0.4, 0.5) is 11.4 Å². The van der Waals surface area contributed by atoms with Crippen LogP contribution < -0.4 is 15.0 Å². The molecule has 7 heteroatoms. The molecular weight excluding hydrogens is 390 g/mol. The Balaban J connectivity index is 1.65. The molecular formula is C22H26ClN3O3. The Bertz CT molecular complexity index is 879. The van der Waals surface area contributed by atoms with Crippen LogP contribution >= 0.6 is 11.6 Å². The first-order valence-electron chi connectivity index (χ1n) is 9.76. The number of hydrogen-bond acceptors (Lipinski definition) is 5. The van der Waals surface area contributed by atoms with Gasteiger partial charge < -0.3 is 19.9 Å². The van der Waals surface area contributed by atoms with Crippen LogP contribution in [-0.2, 0) is 4.79 Å². The second-order valence-electron chi connectivity index (χ2n) is 7.00. The van der Waals surface area contributed by atoms with Crippen LogP contribution in [0.15, 0.2) is 42.5 Å². The van der Waals surface area contributed by atoms with E-state index in [2.05, 4.69) is 22.0 Å². The SMILES string of the molecule is CCN1CCN(c2ccc(Cl)cc2NC(=O)COc2cccc(C(C)=O)c2)CC1. The highest BCUT2D eigenvalue weighted by Gasteiger charge is 2.19. The smallest absolute Gasteiger partial charge is 0.262 e. The van der Waals surface area contributed by atoms with E-state index in [-0.39, 0.29) is 18.3 Å². The quantitative estimate of drug-likeness (QED) is 0.698. The highest BCUT2D eigenvalue weighted by molar-refractivity contribution is 6.31. The van der Waals surface area contributed by atoms with Gasteiger partial charge in [0.25, 0.3) is 5.91 Å². The molecule has 0 saturated carbocycles. The van der Waals surface area contributed by atoms with E-state index in [1.54, 1.807) is 30.3 Å². The van der Waals surface area contributed by atoms with Crippen LogP contribution in [0, 0.1) is 0 Å². The van der Waals surface area contributed by atoms with Gasteiger partial charge >= 0.3 is 0 Å². The van der Waals surface area contributed by atoms with Crippen LogP contribution in [0.2, 0.25) is 5.02 Å². The van der Waals surface area contributed by atoms with E-state index in [1.165, 1.54) is 6.92 Å². The number of nitrogens with one attached hydrogen (secondary N) is 1. The minimum absolute atomic E-state index is 0.0494. The third kappa shape index (κ3) is 5.71. The van der Waals surface area contributed by atoms with Gasteiger partial charge in [-0.2, -0.15) is 0 Å². The average molecular weight is 416 g/mol. The van der Waals surface area contributed by atoms with Gasteiger partial charge in [-0.05, 0) is 43.8 Å². The van der Waals surface area contributed by atoms with Crippen molar-refractivity contribution in [3.05, 3.63) is 53.1 Å². The number of anilines is 2. The molecule has 0 radical (unpaired) electrons. The van der Waals surface area contributed by atoms with E-state index >= 15 is 0 Å². The molecule has 2 aromatic carbocycles. The lowest BCUT2D eigenvalue weighted by molar-refractivity contribution is -0.118. The molecule has 1 saturated heterocycles. The van der Waals surface area contributed by atoms with E-state index in [0.29, 0.717) is 22.0 Å². The fourth-order valence-electron chi connectivity index (χ4n) is 3.33. The number of carbonyl (C=O) groups is 2. The lowest BCUT2D eigenvalue weighted by atomic mass is 10.1. The van der Waals surface area contributed by atoms with Gasteiger partial charge in [-0.1, -0.05) is 30.7 Å². The second kappa shape index (κ2) is 9.76. The van der Waals surface area contributed by atoms with Gasteiger partial charge in [0.1, 0.15) is 5.75 Å². The number of rotatable bonds is 7. The highest BCUT2D eigenvalue weighted by atomic mass is 35.5. The predicted octanol–water partition coefficient (Wildman–Crippen LogP) is 3.70. The molecule has 1 heterocycles. The van der Waals surface area contributed by atoms with E-state index in [9.17, 15) is 9.59 Å². The zero-order valence-corrected chi connectivity index (χ0v) is 17.5. The number of Topliss-reactive ketones (excluding diaryl/α,β-unsaturated/α-hetero) is 1. The minimum Gasteiger partial charge on any atom is -0.484 e. The van der Waals surface area contributed by atoms with Crippen LogP contribution in [-0.4, -0.2) is 55.9 Å². The lowest BCUT2D eigenvalue weighted by Crippen LogP contribution is -2.46. The molecule has 0 aromatic heterocycles. The molecule has 6 nitrogen and oxygen atoms in total. The molecule has 1 amide bonds. The number of ketones is 1. The summed E-state index contributed by atoms with van der Waals surface area (Å²) in [7, 11) is 0. The molecule has 0 atom stereocenters. The molecule has 3 rings (SSSR count). The van der Waals surface area contributed by atoms with Gasteiger partial charge in [-0.3, -0.25) is 9.59 Å². The Labute approximate surface area is 176 Å². The fraction of sp³-hybridized carbons (Fsp3) is 0.364. The molecule has 0 spiro atoms. The van der Waals surface area contributed by atoms with E-state index < -0.39 is 0 Å². The minimum atomic E-state index is -0.283. The van der Waals surface area contributed by atoms with Crippen molar-refractivity contribution in [1.29, 1.82) is 0 Å². The van der Waals surface area contributed by atoms with Gasteiger partial charge in [0.15, 0.2) is 12.4 Å². The van der Waals surface area contributed by atoms with Crippen LogP contribution in [0.25, 0.3) is 0 Å². The number of nitrogens with zero attached hydrogens (tertiary/aromatic N) is 2. The Kier molecular flexibility index (Phi) is 7.12. The summed E-state index contributed by atoms with van der Waals surface area (Å²) in [5, 5.41) is 3.47. The fourth-order valence-corrected chi connectivity index (χ4v) is 3.50. The summed E-state index contributed by atoms with van der Waals surface area (Å²) < 4.78 is 5.56. The number of piperazine rings is 1. The molecule has 29 heavy (non-hydrogen) atoms. The Morgan fingerprint density at radius 1 is 1.10 bits per heavy atom. The van der Waals surface area contributed by atoms with Crippen LogP contribution in [0.1, 0.15) is 24.2 Å². The number of hydrogen-bond donors (Lipinski definition) is 1. The molecule has 0 unspecified atom stereocenters. The summed E-state index contributed by atoms with van der Waals surface area (Å²) >= 11 is 6.16. The first kappa shape index (κ1) is 21.1. The maximum atomic E-state index is 12.5. The number of likely N-dealkylation sites (N-methyl/N-ethyl adjacent to an activating group) is 1. The third-order valence-electron chi connectivity index (χ3n) is 5.00. The number of halogens is 1. The van der Waals surface area contributed by atoms with Crippen molar-refractivity contribution in [2.45, 2.75) is 13.8 Å². The number of carbonyl (C=O) groups excluding carboxylic acids is 2. The van der Waals surface area contributed by atoms with Crippen molar-refractivity contribution in [3.8, 4) is 5.75 Å². The van der Waals surface area contributed by atoms with Crippen molar-refractivity contribution in [2.24, 2.45) is 0 Å². The largest absolute Gasteiger partial charge is 0.484 e. The molecule has 1 fully saturated rings. The van der Waals surface area contributed by atoms with E-state index in [4.69, 9.17) is 16.3 Å². The lowest BCUT2D eigenvalue weighted by Gasteiger charge is -2.36. The van der Waals surface area contributed by atoms with Gasteiger partial charge in [0.2, 0.25) is 0 Å². The maximum absolute atomic E-state index is 12.5. The Morgan fingerprint density at radius 3 is 2.55 bits per heavy atom. The van der Waals surface area contributed by atoms with Crippen molar-refractivity contribution in [1.82, 2.24) is 4.90 Å². The molecule has 2 aromatic rings. The molecule has 1 aliphatic rings. The highest BCUT2D eigenvalue weighted by Crippen LogP contribution is 2.30. The van der Waals surface area contributed by atoms with Crippen LogP contribution in [0.5, 0.6) is 5.75 Å². The van der Waals surface area contributed by atoms with Crippen LogP contribution in [0.3, 0.4) is 0 Å². The zero-order chi connectivity index (χ0) is 20.8. The number of amides is 1. The summed E-state index contributed by atoms with van der Waals surface area (Å²) in [4.78, 5) is 28.6. The van der Waals surface area contributed by atoms with E-state index in [0.717, 1.165) is 38.4 Å². The Hall–Kier alpha value is -2.57. The average Bonchev–Trinajstić information content (AvgIpc) is 2.73. The normalized spacial score (nSPS) is 14.5.